The van der Waals surface area contributed by atoms with Gasteiger partial charge in [-0.3, -0.25) is 0 Å². The van der Waals surface area contributed by atoms with E-state index in [1.807, 2.05) is 12.1 Å². The molecule has 5 heterocycles. The van der Waals surface area contributed by atoms with Gasteiger partial charge in [0.25, 0.3) is 5.66 Å². The Morgan fingerprint density at radius 3 is 1.68 bits per heavy atom. The van der Waals surface area contributed by atoms with E-state index in [0.29, 0.717) is 40.3 Å². The van der Waals surface area contributed by atoms with E-state index in [2.05, 4.69) is 162 Å². The smallest absolute Gasteiger partial charge is 0.286 e. The summed E-state index contributed by atoms with van der Waals surface area (Å²) in [5, 5.41) is 15.4. The second-order valence-corrected chi connectivity index (χ2v) is 23.0. The first-order chi connectivity index (χ1) is 34.7. The van der Waals surface area contributed by atoms with E-state index in [1.165, 1.54) is 6.92 Å². The van der Waals surface area contributed by atoms with Gasteiger partial charge in [0.15, 0.2) is 5.41 Å². The molecule has 0 radical (unpaired) electrons. The largest absolute Gasteiger partial charge is 0.308 e. The fraction of sp³-hybridized carbons (Fsp3) is 0.222. The molecular formula is C63H51F3N5P. The number of benzene rings is 6. The first-order valence-corrected chi connectivity index (χ1v) is 26.2. The summed E-state index contributed by atoms with van der Waals surface area (Å²) in [5.41, 5.74) is 14.7. The molecule has 9 heteroatoms. The fourth-order valence-electron chi connectivity index (χ4n) is 13.1. The highest BCUT2D eigenvalue weighted by atomic mass is 31.1. The topological polar surface area (TPSA) is 43.5 Å². The molecule has 354 valence electrons. The van der Waals surface area contributed by atoms with Crippen molar-refractivity contribution in [2.75, 3.05) is 0 Å². The molecule has 72 heavy (non-hydrogen) atoms. The van der Waals surface area contributed by atoms with Gasteiger partial charge in [-0.1, -0.05) is 77.7 Å². The maximum absolute atomic E-state index is 17.8. The lowest BCUT2D eigenvalue weighted by atomic mass is 9.90. The monoisotopic (exact) mass is 965 g/mol. The van der Waals surface area contributed by atoms with Crippen molar-refractivity contribution in [2.45, 2.75) is 90.6 Å². The van der Waals surface area contributed by atoms with Gasteiger partial charge < -0.3 is 18.3 Å². The fourth-order valence-corrected chi connectivity index (χ4v) is 14.3. The lowest BCUT2D eigenvalue weighted by Crippen LogP contribution is -2.23. The van der Waals surface area contributed by atoms with Crippen LogP contribution in [0.4, 0.5) is 13.2 Å². The SMILES string of the molecule is Cc1ccc2c(c1)c1cc(C)ccc1n2-c1c2cc(c(-n3c4ccc(C)cc4c4cc(C)ccc43)c1C#N)-n1c3c(c4ccc(cc41)C(C)(F)PC(F)(F)C1=Cc4c(c5c(n4-2)C=CCC5)CC1)C(C)CC=C3. The number of aryl methyl sites for hydroxylation is 4. The van der Waals surface area contributed by atoms with Crippen molar-refractivity contribution in [1.82, 2.24) is 18.3 Å². The van der Waals surface area contributed by atoms with E-state index >= 15 is 13.2 Å². The number of halogens is 3. The van der Waals surface area contributed by atoms with Crippen LogP contribution in [0.15, 0.2) is 115 Å². The number of alkyl halides is 3. The second kappa shape index (κ2) is 15.1. The first-order valence-electron chi connectivity index (χ1n) is 25.2. The molecule has 0 saturated heterocycles. The lowest BCUT2D eigenvalue weighted by molar-refractivity contribution is 0.131. The number of hydrogen-bond donors (Lipinski definition) is 0. The molecule has 6 aromatic carbocycles. The van der Waals surface area contributed by atoms with Gasteiger partial charge in [0.05, 0.1) is 56.0 Å². The van der Waals surface area contributed by atoms with Crippen LogP contribution < -0.4 is 0 Å². The van der Waals surface area contributed by atoms with Gasteiger partial charge in [-0.15, -0.1) is 0 Å². The number of nitriles is 1. The van der Waals surface area contributed by atoms with Crippen LogP contribution in [0.25, 0.3) is 95.5 Å². The Morgan fingerprint density at radius 2 is 1.11 bits per heavy atom. The van der Waals surface area contributed by atoms with Crippen LogP contribution in [0.1, 0.15) is 106 Å². The predicted octanol–water partition coefficient (Wildman–Crippen LogP) is 17.0. The summed E-state index contributed by atoms with van der Waals surface area (Å²) in [7, 11) is -1.36. The third kappa shape index (κ3) is 5.98. The van der Waals surface area contributed by atoms with Crippen LogP contribution in [0.2, 0.25) is 0 Å². The third-order valence-electron chi connectivity index (χ3n) is 16.3. The van der Waals surface area contributed by atoms with Gasteiger partial charge in [-0.05, 0) is 174 Å². The molecule has 4 aromatic heterocycles. The second-order valence-electron chi connectivity index (χ2n) is 21.1. The number of nitrogens with zero attached hydrogens (tertiary/aromatic N) is 5. The number of rotatable bonds is 2. The Labute approximate surface area is 417 Å². The molecule has 10 aromatic rings. The summed E-state index contributed by atoms with van der Waals surface area (Å²) in [5.74, 6) is 0.0996. The molecule has 0 spiro atoms. The summed E-state index contributed by atoms with van der Waals surface area (Å²) in [6.07, 6.45) is 13.3. The third-order valence-corrected chi connectivity index (χ3v) is 17.7. The maximum Gasteiger partial charge on any atom is 0.286 e. The zero-order valence-electron chi connectivity index (χ0n) is 41.1. The van der Waals surface area contributed by atoms with Gasteiger partial charge in [0.2, 0.25) is 0 Å². The van der Waals surface area contributed by atoms with E-state index in [4.69, 9.17) is 0 Å². The Hall–Kier alpha value is -7.33. The molecule has 0 saturated carbocycles. The van der Waals surface area contributed by atoms with Crippen LogP contribution >= 0.6 is 8.58 Å². The molecule has 6 bridgehead atoms. The Kier molecular flexibility index (Phi) is 9.12. The van der Waals surface area contributed by atoms with Gasteiger partial charge >= 0.3 is 0 Å². The molecule has 14 rings (SSSR count). The van der Waals surface area contributed by atoms with Crippen LogP contribution in [-0.2, 0) is 18.3 Å². The highest BCUT2D eigenvalue weighted by Crippen LogP contribution is 2.59. The zero-order chi connectivity index (χ0) is 49.3. The number of fused-ring (bicyclic) bond motifs is 17. The minimum absolute atomic E-state index is 0.0641. The van der Waals surface area contributed by atoms with E-state index in [1.54, 1.807) is 12.1 Å². The lowest BCUT2D eigenvalue weighted by Gasteiger charge is -2.31. The van der Waals surface area contributed by atoms with Gasteiger partial charge in [0, 0.05) is 52.5 Å². The van der Waals surface area contributed by atoms with Gasteiger partial charge in [0.1, 0.15) is 11.6 Å². The van der Waals surface area contributed by atoms with Crippen molar-refractivity contribution in [3.63, 3.8) is 0 Å². The van der Waals surface area contributed by atoms with Gasteiger partial charge in [-0.25, -0.2) is 4.39 Å². The highest BCUT2D eigenvalue weighted by Gasteiger charge is 2.46. The molecule has 0 N–H and O–H groups in total. The molecule has 0 fully saturated rings. The Morgan fingerprint density at radius 1 is 0.569 bits per heavy atom. The Balaban J connectivity index is 1.29. The van der Waals surface area contributed by atoms with Crippen LogP contribution in [0.5, 0.6) is 0 Å². The summed E-state index contributed by atoms with van der Waals surface area (Å²) in [6, 6.07) is 36.8. The molecule has 4 aliphatic rings. The summed E-state index contributed by atoms with van der Waals surface area (Å²) < 4.78 is 61.4. The molecule has 5 nitrogen and oxygen atoms in total. The van der Waals surface area contributed by atoms with Crippen molar-refractivity contribution in [1.29, 1.82) is 5.26 Å². The normalized spacial score (nSPS) is 19.2. The van der Waals surface area contributed by atoms with Crippen LogP contribution in [0, 0.1) is 39.0 Å². The molecule has 3 atom stereocenters. The maximum atomic E-state index is 17.8. The van der Waals surface area contributed by atoms with E-state index in [0.717, 1.165) is 124 Å². The van der Waals surface area contributed by atoms with Crippen LogP contribution in [0.3, 0.4) is 0 Å². The summed E-state index contributed by atoms with van der Waals surface area (Å²) in [4.78, 5) is 0. The molecule has 3 aliphatic carbocycles. The van der Waals surface area contributed by atoms with E-state index in [9.17, 15) is 5.26 Å². The standard InChI is InChI=1S/C63H51F3N5P/c1-34-14-22-50-44(26-34)45-27-35(2)15-23-51(45)70(50)60-48(33-67)61(71-52-24-16-36(3)28-46(52)47-29-37(4)17-25-53(47)71)58-32-57(60)68-49-12-8-7-11-41(49)42-20-19-40(31-55(42)68)63(65,66)72-62(6,64)39-18-21-43-56(30-39)69(58)54-13-9-10-38(5)59(43)54/h8-9,12-18,21-32,38,72H,7,10-11,19-20H2,1-6H3. The average molecular weight is 966 g/mol. The quantitative estimate of drug-likeness (QED) is 0.159. The van der Waals surface area contributed by atoms with Crippen LogP contribution in [-0.4, -0.2) is 23.9 Å². The minimum Gasteiger partial charge on any atom is -0.308 e. The van der Waals surface area contributed by atoms with Crippen molar-refractivity contribution >= 4 is 81.3 Å². The minimum atomic E-state index is -3.43. The molecule has 0 amide bonds. The highest BCUT2D eigenvalue weighted by molar-refractivity contribution is 7.41. The van der Waals surface area contributed by atoms with Crippen molar-refractivity contribution in [3.8, 4) is 28.8 Å². The molecular weight excluding hydrogens is 915 g/mol. The van der Waals surface area contributed by atoms with Crippen molar-refractivity contribution in [2.24, 2.45) is 0 Å². The predicted molar refractivity (Wildman–Crippen MR) is 292 cm³/mol. The van der Waals surface area contributed by atoms with E-state index < -0.39 is 19.7 Å². The van der Waals surface area contributed by atoms with E-state index in [-0.39, 0.29) is 23.5 Å². The molecule has 1 aliphatic heterocycles. The first kappa shape index (κ1) is 43.5. The number of allylic oxidation sites excluding steroid dienone is 3. The van der Waals surface area contributed by atoms with Gasteiger partial charge in [-0.2, -0.15) is 14.0 Å². The van der Waals surface area contributed by atoms with Crippen molar-refractivity contribution in [3.05, 3.63) is 182 Å². The zero-order valence-corrected chi connectivity index (χ0v) is 42.1. The average Bonchev–Trinajstić information content (AvgIpc) is 4.07. The summed E-state index contributed by atoms with van der Waals surface area (Å²) >= 11 is 0. The number of aromatic nitrogens is 4. The Bertz CT molecular complexity index is 4130. The van der Waals surface area contributed by atoms with Crippen molar-refractivity contribution < 1.29 is 13.2 Å². The molecule has 3 unspecified atom stereocenters. The number of hydrogen-bond acceptors (Lipinski definition) is 1. The summed E-state index contributed by atoms with van der Waals surface area (Å²) in [6.45, 7) is 12.0.